The second-order valence-corrected chi connectivity index (χ2v) is 5.72. The van der Waals surface area contributed by atoms with Crippen LogP contribution in [0.3, 0.4) is 0 Å². The Bertz CT molecular complexity index is 548. The molecule has 1 aromatic rings. The highest BCUT2D eigenvalue weighted by Crippen LogP contribution is 2.24. The standard InChI is InChI=1S/C16H21F3N2O2/c1-20(9-7-12-5-3-4-6-14(12)23-2)13-8-10-21(15(13)22)11-16(17,18)19/h3-6,13H,7-11H2,1-2H3. The lowest BCUT2D eigenvalue weighted by Gasteiger charge is -2.24. The first kappa shape index (κ1) is 17.6. The van der Waals surface area contributed by atoms with Crippen LogP contribution >= 0.6 is 0 Å². The number of rotatable bonds is 6. The van der Waals surface area contributed by atoms with Crippen LogP contribution in [0, 0.1) is 0 Å². The number of alkyl halides is 3. The highest BCUT2D eigenvalue weighted by atomic mass is 19.4. The van der Waals surface area contributed by atoms with Crippen LogP contribution < -0.4 is 4.74 Å². The number of carbonyl (C=O) groups excluding carboxylic acids is 1. The number of carbonyl (C=O) groups is 1. The van der Waals surface area contributed by atoms with E-state index >= 15 is 0 Å². The minimum atomic E-state index is -4.35. The summed E-state index contributed by atoms with van der Waals surface area (Å²) in [5.41, 5.74) is 1.01. The number of amides is 1. The summed E-state index contributed by atoms with van der Waals surface area (Å²) >= 11 is 0. The first-order valence-electron chi connectivity index (χ1n) is 7.49. The third-order valence-corrected chi connectivity index (χ3v) is 4.10. The van der Waals surface area contributed by atoms with Crippen molar-refractivity contribution in [3.05, 3.63) is 29.8 Å². The van der Waals surface area contributed by atoms with Crippen LogP contribution in [0.15, 0.2) is 24.3 Å². The maximum atomic E-state index is 12.4. The van der Waals surface area contributed by atoms with Gasteiger partial charge < -0.3 is 9.64 Å². The van der Waals surface area contributed by atoms with Gasteiger partial charge in [-0.15, -0.1) is 0 Å². The van der Waals surface area contributed by atoms with E-state index < -0.39 is 24.7 Å². The Kier molecular flexibility index (Phi) is 5.51. The summed E-state index contributed by atoms with van der Waals surface area (Å²) in [6.07, 6.45) is -3.25. The first-order valence-corrected chi connectivity index (χ1v) is 7.49. The van der Waals surface area contributed by atoms with E-state index in [1.54, 1.807) is 14.2 Å². The fourth-order valence-electron chi connectivity index (χ4n) is 2.87. The maximum Gasteiger partial charge on any atom is 0.406 e. The molecule has 128 valence electrons. The minimum Gasteiger partial charge on any atom is -0.496 e. The maximum absolute atomic E-state index is 12.4. The molecule has 0 saturated carbocycles. The zero-order valence-electron chi connectivity index (χ0n) is 13.3. The van der Waals surface area contributed by atoms with Crippen LogP contribution in [0.2, 0.25) is 0 Å². The van der Waals surface area contributed by atoms with Gasteiger partial charge in [0.2, 0.25) is 5.91 Å². The normalized spacial score (nSPS) is 18.8. The van der Waals surface area contributed by atoms with E-state index in [0.29, 0.717) is 19.4 Å². The Morgan fingerprint density at radius 1 is 1.35 bits per heavy atom. The molecule has 1 saturated heterocycles. The number of likely N-dealkylation sites (N-methyl/N-ethyl adjacent to an activating group) is 1. The highest BCUT2D eigenvalue weighted by Gasteiger charge is 2.40. The molecule has 0 spiro atoms. The molecular formula is C16H21F3N2O2. The number of halogens is 3. The van der Waals surface area contributed by atoms with Gasteiger partial charge in [0.1, 0.15) is 12.3 Å². The molecule has 1 aliphatic rings. The molecular weight excluding hydrogens is 309 g/mol. The van der Waals surface area contributed by atoms with Crippen molar-refractivity contribution in [1.29, 1.82) is 0 Å². The van der Waals surface area contributed by atoms with E-state index in [9.17, 15) is 18.0 Å². The van der Waals surface area contributed by atoms with E-state index in [-0.39, 0.29) is 6.54 Å². The van der Waals surface area contributed by atoms with Crippen LogP contribution in [0.5, 0.6) is 5.75 Å². The molecule has 0 radical (unpaired) electrons. The predicted octanol–water partition coefficient (Wildman–Crippen LogP) is 2.33. The number of ether oxygens (including phenoxy) is 1. The first-order chi connectivity index (χ1) is 10.8. The van der Waals surface area contributed by atoms with Gasteiger partial charge in [0.15, 0.2) is 0 Å². The molecule has 7 heteroatoms. The minimum absolute atomic E-state index is 0.155. The average Bonchev–Trinajstić information content (AvgIpc) is 2.84. The van der Waals surface area contributed by atoms with Gasteiger partial charge in [-0.25, -0.2) is 0 Å². The molecule has 0 aliphatic carbocycles. The van der Waals surface area contributed by atoms with Gasteiger partial charge in [0.05, 0.1) is 13.2 Å². The van der Waals surface area contributed by atoms with Crippen molar-refractivity contribution in [3.63, 3.8) is 0 Å². The van der Waals surface area contributed by atoms with Crippen molar-refractivity contribution in [2.45, 2.75) is 25.1 Å². The van der Waals surface area contributed by atoms with Crippen molar-refractivity contribution < 1.29 is 22.7 Å². The van der Waals surface area contributed by atoms with Crippen LogP contribution in [-0.4, -0.2) is 61.7 Å². The predicted molar refractivity (Wildman–Crippen MR) is 80.4 cm³/mol. The third-order valence-electron chi connectivity index (χ3n) is 4.10. The van der Waals surface area contributed by atoms with Crippen molar-refractivity contribution in [2.75, 3.05) is 33.8 Å². The second-order valence-electron chi connectivity index (χ2n) is 5.72. The summed E-state index contributed by atoms with van der Waals surface area (Å²) in [5, 5.41) is 0. The van der Waals surface area contributed by atoms with Crippen LogP contribution in [0.1, 0.15) is 12.0 Å². The van der Waals surface area contributed by atoms with Gasteiger partial charge in [0.25, 0.3) is 0 Å². The van der Waals surface area contributed by atoms with E-state index in [1.807, 2.05) is 29.2 Å². The van der Waals surface area contributed by atoms with Gasteiger partial charge in [-0.3, -0.25) is 9.69 Å². The number of likely N-dealkylation sites (tertiary alicyclic amines) is 1. The fourth-order valence-corrected chi connectivity index (χ4v) is 2.87. The molecule has 1 aromatic carbocycles. The lowest BCUT2D eigenvalue weighted by atomic mass is 10.1. The fraction of sp³-hybridized carbons (Fsp3) is 0.562. The number of methoxy groups -OCH3 is 1. The SMILES string of the molecule is COc1ccccc1CCN(C)C1CCN(CC(F)(F)F)C1=O. The van der Waals surface area contributed by atoms with Gasteiger partial charge in [0, 0.05) is 13.1 Å². The van der Waals surface area contributed by atoms with Crippen molar-refractivity contribution in [3.8, 4) is 5.75 Å². The molecule has 2 rings (SSSR count). The van der Waals surface area contributed by atoms with Gasteiger partial charge in [-0.1, -0.05) is 18.2 Å². The molecule has 0 aromatic heterocycles. The number of para-hydroxylation sites is 1. The molecule has 1 unspecified atom stereocenters. The molecule has 1 amide bonds. The van der Waals surface area contributed by atoms with Crippen molar-refractivity contribution >= 4 is 5.91 Å². The van der Waals surface area contributed by atoms with Gasteiger partial charge in [-0.05, 0) is 31.5 Å². The summed E-state index contributed by atoms with van der Waals surface area (Å²) in [6, 6.07) is 7.11. The largest absolute Gasteiger partial charge is 0.496 e. The quantitative estimate of drug-likeness (QED) is 0.803. The Balaban J connectivity index is 1.91. The third kappa shape index (κ3) is 4.60. The summed E-state index contributed by atoms with van der Waals surface area (Å²) in [5.74, 6) is 0.335. The zero-order valence-corrected chi connectivity index (χ0v) is 13.3. The number of hydrogen-bond acceptors (Lipinski definition) is 3. The smallest absolute Gasteiger partial charge is 0.406 e. The molecule has 1 aliphatic heterocycles. The molecule has 23 heavy (non-hydrogen) atoms. The molecule has 1 fully saturated rings. The van der Waals surface area contributed by atoms with Crippen molar-refractivity contribution in [1.82, 2.24) is 9.80 Å². The molecule has 4 nitrogen and oxygen atoms in total. The summed E-state index contributed by atoms with van der Waals surface area (Å²) < 4.78 is 42.6. The zero-order chi connectivity index (χ0) is 17.0. The Labute approximate surface area is 133 Å². The number of nitrogens with zero attached hydrogens (tertiary/aromatic N) is 2. The Morgan fingerprint density at radius 2 is 2.04 bits per heavy atom. The van der Waals surface area contributed by atoms with Crippen LogP contribution in [0.25, 0.3) is 0 Å². The van der Waals surface area contributed by atoms with E-state index in [0.717, 1.165) is 16.2 Å². The van der Waals surface area contributed by atoms with E-state index in [1.165, 1.54) is 0 Å². The molecule has 1 atom stereocenters. The van der Waals surface area contributed by atoms with Crippen LogP contribution in [-0.2, 0) is 11.2 Å². The van der Waals surface area contributed by atoms with E-state index in [2.05, 4.69) is 0 Å². The Hall–Kier alpha value is -1.76. The van der Waals surface area contributed by atoms with Crippen molar-refractivity contribution in [2.24, 2.45) is 0 Å². The summed E-state index contributed by atoms with van der Waals surface area (Å²) in [6.45, 7) is -0.429. The van der Waals surface area contributed by atoms with Gasteiger partial charge >= 0.3 is 6.18 Å². The number of hydrogen-bond donors (Lipinski definition) is 0. The monoisotopic (exact) mass is 330 g/mol. The van der Waals surface area contributed by atoms with Gasteiger partial charge in [-0.2, -0.15) is 13.2 Å². The molecule has 0 bridgehead atoms. The lowest BCUT2D eigenvalue weighted by Crippen LogP contribution is -2.43. The topological polar surface area (TPSA) is 32.8 Å². The van der Waals surface area contributed by atoms with Crippen LogP contribution in [0.4, 0.5) is 13.2 Å². The Morgan fingerprint density at radius 3 is 2.70 bits per heavy atom. The summed E-state index contributed by atoms with van der Waals surface area (Å²) in [7, 11) is 3.37. The molecule has 0 N–H and O–H groups in total. The highest BCUT2D eigenvalue weighted by molar-refractivity contribution is 5.84. The number of benzene rings is 1. The van der Waals surface area contributed by atoms with E-state index in [4.69, 9.17) is 4.74 Å². The summed E-state index contributed by atoms with van der Waals surface area (Å²) in [4.78, 5) is 14.8. The average molecular weight is 330 g/mol. The second kappa shape index (κ2) is 7.21. The lowest BCUT2D eigenvalue weighted by molar-refractivity contribution is -0.158. The molecule has 1 heterocycles.